The van der Waals surface area contributed by atoms with Gasteiger partial charge in [-0.25, -0.2) is 9.48 Å². The van der Waals surface area contributed by atoms with Crippen LogP contribution in [0.25, 0.3) is 11.4 Å². The van der Waals surface area contributed by atoms with Crippen molar-refractivity contribution in [1.82, 2.24) is 20.0 Å². The van der Waals surface area contributed by atoms with E-state index in [0.29, 0.717) is 17.9 Å². The molecule has 0 aliphatic heterocycles. The second kappa shape index (κ2) is 6.83. The Hall–Kier alpha value is -3.02. The quantitative estimate of drug-likeness (QED) is 0.678. The molecule has 0 fully saturated rings. The van der Waals surface area contributed by atoms with E-state index in [-0.39, 0.29) is 12.3 Å². The molecule has 0 bridgehead atoms. The van der Waals surface area contributed by atoms with Gasteiger partial charge >= 0.3 is 5.97 Å². The van der Waals surface area contributed by atoms with Gasteiger partial charge in [-0.3, -0.25) is 4.98 Å². The number of rotatable bonds is 5. The minimum absolute atomic E-state index is 0.182. The predicted molar refractivity (Wildman–Crippen MR) is 84.8 cm³/mol. The van der Waals surface area contributed by atoms with E-state index >= 15 is 0 Å². The standard InChI is InChI=1S/C17H16N4O2/c1-2-23-17(22)15-16(14-10-6-7-11-18-14)21(20-19-15)12-13-8-4-3-5-9-13/h3-11H,2,12H2,1H3. The maximum Gasteiger partial charge on any atom is 0.361 e. The lowest BCUT2D eigenvalue weighted by Gasteiger charge is -2.07. The van der Waals surface area contributed by atoms with Gasteiger partial charge in [0.05, 0.1) is 18.8 Å². The normalized spacial score (nSPS) is 10.5. The third-order valence-electron chi connectivity index (χ3n) is 3.29. The molecule has 0 saturated carbocycles. The highest BCUT2D eigenvalue weighted by atomic mass is 16.5. The Balaban J connectivity index is 2.04. The number of pyridine rings is 1. The summed E-state index contributed by atoms with van der Waals surface area (Å²) in [5, 5.41) is 8.12. The maximum absolute atomic E-state index is 12.1. The Kier molecular flexibility index (Phi) is 4.42. The molecule has 0 N–H and O–H groups in total. The molecule has 0 aliphatic carbocycles. The van der Waals surface area contributed by atoms with E-state index in [2.05, 4.69) is 15.3 Å². The second-order valence-electron chi connectivity index (χ2n) is 4.87. The highest BCUT2D eigenvalue weighted by Gasteiger charge is 2.23. The maximum atomic E-state index is 12.1. The molecule has 2 heterocycles. The minimum atomic E-state index is -0.493. The summed E-state index contributed by atoms with van der Waals surface area (Å²) in [6, 6.07) is 15.4. The van der Waals surface area contributed by atoms with Crippen molar-refractivity contribution in [2.24, 2.45) is 0 Å². The van der Waals surface area contributed by atoms with Crippen molar-refractivity contribution in [3.63, 3.8) is 0 Å². The number of benzene rings is 1. The number of esters is 1. The number of nitrogens with zero attached hydrogens (tertiary/aromatic N) is 4. The molecule has 0 spiro atoms. The molecule has 23 heavy (non-hydrogen) atoms. The van der Waals surface area contributed by atoms with Crippen molar-refractivity contribution in [3.8, 4) is 11.4 Å². The first-order valence-electron chi connectivity index (χ1n) is 7.35. The minimum Gasteiger partial charge on any atom is -0.461 e. The van der Waals surface area contributed by atoms with E-state index in [9.17, 15) is 4.79 Å². The van der Waals surface area contributed by atoms with Crippen LogP contribution in [-0.2, 0) is 11.3 Å². The Morgan fingerprint density at radius 1 is 1.13 bits per heavy atom. The summed E-state index contributed by atoms with van der Waals surface area (Å²) in [5.41, 5.74) is 2.44. The van der Waals surface area contributed by atoms with Gasteiger partial charge in [0.2, 0.25) is 0 Å². The highest BCUT2D eigenvalue weighted by Crippen LogP contribution is 2.21. The van der Waals surface area contributed by atoms with Gasteiger partial charge in [0.25, 0.3) is 0 Å². The number of carbonyl (C=O) groups excluding carboxylic acids is 1. The third kappa shape index (κ3) is 3.26. The average molecular weight is 308 g/mol. The zero-order valence-corrected chi connectivity index (χ0v) is 12.7. The van der Waals surface area contributed by atoms with Gasteiger partial charge in [0.1, 0.15) is 5.69 Å². The number of carbonyl (C=O) groups is 1. The summed E-state index contributed by atoms with van der Waals surface area (Å²) in [7, 11) is 0. The number of hydrogen-bond donors (Lipinski definition) is 0. The molecular weight excluding hydrogens is 292 g/mol. The van der Waals surface area contributed by atoms with Crippen molar-refractivity contribution in [2.75, 3.05) is 6.61 Å². The predicted octanol–water partition coefficient (Wildman–Crippen LogP) is 2.57. The lowest BCUT2D eigenvalue weighted by Crippen LogP contribution is -2.09. The summed E-state index contributed by atoms with van der Waals surface area (Å²) in [5.74, 6) is -0.493. The summed E-state index contributed by atoms with van der Waals surface area (Å²) in [4.78, 5) is 16.5. The molecular formula is C17H16N4O2. The molecule has 0 saturated heterocycles. The highest BCUT2D eigenvalue weighted by molar-refractivity contribution is 5.93. The topological polar surface area (TPSA) is 69.9 Å². The van der Waals surface area contributed by atoms with Crippen LogP contribution < -0.4 is 0 Å². The van der Waals surface area contributed by atoms with Crippen molar-refractivity contribution < 1.29 is 9.53 Å². The third-order valence-corrected chi connectivity index (χ3v) is 3.29. The van der Waals surface area contributed by atoms with Gasteiger partial charge in [-0.05, 0) is 24.6 Å². The Morgan fingerprint density at radius 2 is 1.91 bits per heavy atom. The van der Waals surface area contributed by atoms with E-state index in [1.807, 2.05) is 48.5 Å². The van der Waals surface area contributed by atoms with Crippen LogP contribution in [-0.4, -0.2) is 32.6 Å². The van der Waals surface area contributed by atoms with Crippen LogP contribution >= 0.6 is 0 Å². The fraction of sp³-hybridized carbons (Fsp3) is 0.176. The first-order valence-corrected chi connectivity index (χ1v) is 7.35. The summed E-state index contributed by atoms with van der Waals surface area (Å²) >= 11 is 0. The van der Waals surface area contributed by atoms with Gasteiger partial charge < -0.3 is 4.74 Å². The Bertz CT molecular complexity index is 785. The first kappa shape index (κ1) is 14.9. The van der Waals surface area contributed by atoms with Gasteiger partial charge in [-0.15, -0.1) is 5.10 Å². The molecule has 0 atom stereocenters. The van der Waals surface area contributed by atoms with Crippen molar-refractivity contribution in [3.05, 3.63) is 66.0 Å². The van der Waals surface area contributed by atoms with Gasteiger partial charge in [-0.1, -0.05) is 41.6 Å². The largest absolute Gasteiger partial charge is 0.461 e. The van der Waals surface area contributed by atoms with Crippen molar-refractivity contribution in [1.29, 1.82) is 0 Å². The van der Waals surface area contributed by atoms with Gasteiger partial charge in [0, 0.05) is 6.20 Å². The molecule has 3 aromatic rings. The fourth-order valence-corrected chi connectivity index (χ4v) is 2.27. The van der Waals surface area contributed by atoms with Crippen LogP contribution in [0.1, 0.15) is 23.0 Å². The van der Waals surface area contributed by atoms with Gasteiger partial charge in [-0.2, -0.15) is 0 Å². The summed E-state index contributed by atoms with van der Waals surface area (Å²) < 4.78 is 6.74. The van der Waals surface area contributed by atoms with Crippen molar-refractivity contribution >= 4 is 5.97 Å². The molecule has 2 aromatic heterocycles. The van der Waals surface area contributed by atoms with Crippen LogP contribution in [0.3, 0.4) is 0 Å². The first-order chi connectivity index (χ1) is 11.3. The number of ether oxygens (including phenoxy) is 1. The number of aromatic nitrogens is 4. The molecule has 0 amide bonds. The monoisotopic (exact) mass is 308 g/mol. The van der Waals surface area contributed by atoms with Gasteiger partial charge in [0.15, 0.2) is 5.69 Å². The molecule has 0 radical (unpaired) electrons. The van der Waals surface area contributed by atoms with Crippen molar-refractivity contribution in [2.45, 2.75) is 13.5 Å². The SMILES string of the molecule is CCOC(=O)c1nnn(Cc2ccccc2)c1-c1ccccn1. The molecule has 1 aromatic carbocycles. The lowest BCUT2D eigenvalue weighted by molar-refractivity contribution is 0.0520. The molecule has 6 nitrogen and oxygen atoms in total. The Labute approximate surface area is 133 Å². The summed E-state index contributed by atoms with van der Waals surface area (Å²) in [6.45, 7) is 2.54. The fourth-order valence-electron chi connectivity index (χ4n) is 2.27. The Morgan fingerprint density at radius 3 is 2.61 bits per heavy atom. The smallest absolute Gasteiger partial charge is 0.361 e. The average Bonchev–Trinajstić information content (AvgIpc) is 3.00. The molecule has 0 aliphatic rings. The van der Waals surface area contributed by atoms with E-state index in [1.165, 1.54) is 0 Å². The second-order valence-corrected chi connectivity index (χ2v) is 4.87. The van der Waals surface area contributed by atoms with Crippen LogP contribution in [0.4, 0.5) is 0 Å². The summed E-state index contributed by atoms with van der Waals surface area (Å²) in [6.07, 6.45) is 1.67. The molecule has 0 unspecified atom stereocenters. The van der Waals surface area contributed by atoms with Crippen LogP contribution in [0, 0.1) is 0 Å². The van der Waals surface area contributed by atoms with E-state index < -0.39 is 5.97 Å². The molecule has 3 rings (SSSR count). The number of hydrogen-bond acceptors (Lipinski definition) is 5. The molecule has 116 valence electrons. The molecule has 6 heteroatoms. The zero-order valence-electron chi connectivity index (χ0n) is 12.7. The van der Waals surface area contributed by atoms with Crippen LogP contribution in [0.5, 0.6) is 0 Å². The van der Waals surface area contributed by atoms with E-state index in [1.54, 1.807) is 17.8 Å². The van der Waals surface area contributed by atoms with E-state index in [0.717, 1.165) is 5.56 Å². The van der Waals surface area contributed by atoms with Crippen LogP contribution in [0.2, 0.25) is 0 Å². The van der Waals surface area contributed by atoms with Crippen LogP contribution in [0.15, 0.2) is 54.7 Å². The van der Waals surface area contributed by atoms with E-state index in [4.69, 9.17) is 4.74 Å². The lowest BCUT2D eigenvalue weighted by atomic mass is 10.2. The zero-order chi connectivity index (χ0) is 16.1.